The van der Waals surface area contributed by atoms with Crippen LogP contribution in [0.15, 0.2) is 16.6 Å². The molecule has 4 nitrogen and oxygen atoms in total. The Kier molecular flexibility index (Phi) is 3.10. The van der Waals surface area contributed by atoms with Gasteiger partial charge in [0.15, 0.2) is 0 Å². The van der Waals surface area contributed by atoms with Crippen LogP contribution >= 0.6 is 15.9 Å². The van der Waals surface area contributed by atoms with Gasteiger partial charge in [-0.25, -0.2) is 4.79 Å². The Balaban J connectivity index is 3.34. The maximum Gasteiger partial charge on any atom is 0.341 e. The van der Waals surface area contributed by atoms with Gasteiger partial charge in [-0.3, -0.25) is 0 Å². The molecule has 0 amide bonds. The number of carbonyl (C=O) groups excluding carboxylic acids is 1. The Morgan fingerprint density at radius 3 is 2.71 bits per heavy atom. The number of nitriles is 1. The van der Waals surface area contributed by atoms with E-state index in [2.05, 4.69) is 20.7 Å². The molecule has 72 valence electrons. The number of carbonyl (C=O) groups is 1. The summed E-state index contributed by atoms with van der Waals surface area (Å²) in [6.45, 7) is 0. The number of nitrogens with zero attached hydrogens (tertiary/aromatic N) is 1. The van der Waals surface area contributed by atoms with Gasteiger partial charge in [-0.2, -0.15) is 5.26 Å². The smallest absolute Gasteiger partial charge is 0.341 e. The van der Waals surface area contributed by atoms with E-state index in [0.29, 0.717) is 10.0 Å². The molecule has 0 aliphatic heterocycles. The summed E-state index contributed by atoms with van der Waals surface area (Å²) in [7, 11) is 1.27. The number of hydrogen-bond acceptors (Lipinski definition) is 4. The summed E-state index contributed by atoms with van der Waals surface area (Å²) >= 11 is 3.15. The van der Waals surface area contributed by atoms with Crippen molar-refractivity contribution in [1.29, 1.82) is 5.26 Å². The van der Waals surface area contributed by atoms with Crippen molar-refractivity contribution < 1.29 is 9.53 Å². The number of nitrogen functional groups attached to an aromatic ring is 1. The van der Waals surface area contributed by atoms with E-state index in [1.165, 1.54) is 19.2 Å². The lowest BCUT2D eigenvalue weighted by atomic mass is 10.1. The minimum absolute atomic E-state index is 0.225. The van der Waals surface area contributed by atoms with Crippen molar-refractivity contribution in [2.24, 2.45) is 0 Å². The molecule has 0 saturated heterocycles. The first-order valence-corrected chi connectivity index (χ1v) is 4.47. The zero-order valence-electron chi connectivity index (χ0n) is 7.37. The summed E-state index contributed by atoms with van der Waals surface area (Å²) in [5, 5.41) is 8.63. The Bertz CT molecular complexity index is 400. The molecule has 0 radical (unpaired) electrons. The molecule has 0 heterocycles. The Morgan fingerprint density at radius 2 is 2.29 bits per heavy atom. The summed E-state index contributed by atoms with van der Waals surface area (Å²) in [4.78, 5) is 11.2. The van der Waals surface area contributed by atoms with Gasteiger partial charge < -0.3 is 10.5 Å². The molecule has 0 aromatic heterocycles. The summed E-state index contributed by atoms with van der Waals surface area (Å²) in [6, 6.07) is 4.87. The molecule has 0 aliphatic rings. The summed E-state index contributed by atoms with van der Waals surface area (Å²) in [6.07, 6.45) is 0. The highest BCUT2D eigenvalue weighted by atomic mass is 79.9. The Morgan fingerprint density at radius 1 is 1.64 bits per heavy atom. The highest BCUT2D eigenvalue weighted by molar-refractivity contribution is 9.10. The number of nitrogens with two attached hydrogens (primary N) is 1. The molecule has 2 N–H and O–H groups in total. The minimum atomic E-state index is -0.529. The fraction of sp³-hybridized carbons (Fsp3) is 0.111. The van der Waals surface area contributed by atoms with E-state index in [9.17, 15) is 4.79 Å². The molecule has 0 aliphatic carbocycles. The molecule has 0 spiro atoms. The molecule has 5 heteroatoms. The predicted molar refractivity (Wildman–Crippen MR) is 54.6 cm³/mol. The molecule has 1 aromatic carbocycles. The predicted octanol–water partition coefficient (Wildman–Crippen LogP) is 1.69. The Hall–Kier alpha value is -1.54. The van der Waals surface area contributed by atoms with E-state index in [-0.39, 0.29) is 11.3 Å². The van der Waals surface area contributed by atoms with Crippen molar-refractivity contribution in [2.45, 2.75) is 0 Å². The van der Waals surface area contributed by atoms with Gasteiger partial charge in [0, 0.05) is 10.2 Å². The number of ether oxygens (including phenoxy) is 1. The van der Waals surface area contributed by atoms with Crippen LogP contribution in [0.4, 0.5) is 5.69 Å². The van der Waals surface area contributed by atoms with E-state index in [4.69, 9.17) is 11.0 Å². The van der Waals surface area contributed by atoms with Crippen molar-refractivity contribution in [2.75, 3.05) is 12.8 Å². The molecule has 0 fully saturated rings. The van der Waals surface area contributed by atoms with Gasteiger partial charge in [0.2, 0.25) is 0 Å². The molecule has 0 atom stereocenters. The normalized spacial score (nSPS) is 9.21. The van der Waals surface area contributed by atoms with Crippen LogP contribution in [0.25, 0.3) is 0 Å². The monoisotopic (exact) mass is 254 g/mol. The first kappa shape index (κ1) is 10.5. The fourth-order valence-corrected chi connectivity index (χ4v) is 1.65. The third-order valence-electron chi connectivity index (χ3n) is 1.64. The second-order valence-electron chi connectivity index (χ2n) is 2.53. The number of rotatable bonds is 1. The van der Waals surface area contributed by atoms with Gasteiger partial charge in [0.1, 0.15) is 0 Å². The third kappa shape index (κ3) is 1.86. The van der Waals surface area contributed by atoms with Crippen molar-refractivity contribution in [1.82, 2.24) is 0 Å². The van der Waals surface area contributed by atoms with Crippen LogP contribution in [0, 0.1) is 11.3 Å². The Labute approximate surface area is 89.4 Å². The van der Waals surface area contributed by atoms with Gasteiger partial charge >= 0.3 is 5.97 Å². The van der Waals surface area contributed by atoms with Crippen LogP contribution < -0.4 is 5.73 Å². The first-order valence-electron chi connectivity index (χ1n) is 3.67. The lowest BCUT2D eigenvalue weighted by Gasteiger charge is -2.06. The summed E-state index contributed by atoms with van der Waals surface area (Å²) in [5.74, 6) is -0.529. The van der Waals surface area contributed by atoms with Gasteiger partial charge in [-0.1, -0.05) is 0 Å². The maximum atomic E-state index is 11.2. The first-order chi connectivity index (χ1) is 6.60. The van der Waals surface area contributed by atoms with E-state index < -0.39 is 5.97 Å². The van der Waals surface area contributed by atoms with E-state index in [0.717, 1.165) is 0 Å². The lowest BCUT2D eigenvalue weighted by molar-refractivity contribution is 0.0601. The van der Waals surface area contributed by atoms with Crippen molar-refractivity contribution >= 4 is 27.6 Å². The average Bonchev–Trinajstić information content (AvgIpc) is 2.16. The van der Waals surface area contributed by atoms with Crippen molar-refractivity contribution in [3.63, 3.8) is 0 Å². The van der Waals surface area contributed by atoms with Crippen LogP contribution in [-0.2, 0) is 4.74 Å². The highest BCUT2D eigenvalue weighted by Crippen LogP contribution is 2.25. The molecule has 1 rings (SSSR count). The molecular weight excluding hydrogens is 248 g/mol. The zero-order chi connectivity index (χ0) is 10.7. The van der Waals surface area contributed by atoms with Crippen molar-refractivity contribution in [3.8, 4) is 6.07 Å². The summed E-state index contributed by atoms with van der Waals surface area (Å²) in [5.41, 5.74) is 6.45. The number of halogens is 1. The topological polar surface area (TPSA) is 76.1 Å². The van der Waals surface area contributed by atoms with Crippen LogP contribution in [0.3, 0.4) is 0 Å². The molecule has 0 saturated carbocycles. The summed E-state index contributed by atoms with van der Waals surface area (Å²) < 4.78 is 5.00. The second kappa shape index (κ2) is 4.11. The SMILES string of the molecule is COC(=O)c1c(N)cc(C#N)cc1Br. The number of benzene rings is 1. The van der Waals surface area contributed by atoms with Gasteiger partial charge in [-0.15, -0.1) is 0 Å². The highest BCUT2D eigenvalue weighted by Gasteiger charge is 2.15. The number of hydrogen-bond donors (Lipinski definition) is 1. The number of methoxy groups -OCH3 is 1. The average molecular weight is 255 g/mol. The van der Waals surface area contributed by atoms with Crippen LogP contribution in [0.1, 0.15) is 15.9 Å². The van der Waals surface area contributed by atoms with Gasteiger partial charge in [0.05, 0.1) is 24.3 Å². The standard InChI is InChI=1S/C9H7BrN2O2/c1-14-9(13)8-6(10)2-5(4-11)3-7(8)12/h2-3H,12H2,1H3. The molecule has 0 unspecified atom stereocenters. The maximum absolute atomic E-state index is 11.2. The van der Waals surface area contributed by atoms with Gasteiger partial charge in [-0.05, 0) is 28.1 Å². The van der Waals surface area contributed by atoms with Crippen molar-refractivity contribution in [3.05, 3.63) is 27.7 Å². The minimum Gasteiger partial charge on any atom is -0.465 e. The zero-order valence-corrected chi connectivity index (χ0v) is 8.96. The third-order valence-corrected chi connectivity index (χ3v) is 2.26. The molecule has 14 heavy (non-hydrogen) atoms. The van der Waals surface area contributed by atoms with E-state index in [1.807, 2.05) is 6.07 Å². The van der Waals surface area contributed by atoms with Crippen LogP contribution in [0.2, 0.25) is 0 Å². The lowest BCUT2D eigenvalue weighted by Crippen LogP contribution is -2.07. The molecule has 0 bridgehead atoms. The quantitative estimate of drug-likeness (QED) is 0.611. The van der Waals surface area contributed by atoms with E-state index in [1.54, 1.807) is 0 Å². The fourth-order valence-electron chi connectivity index (χ4n) is 1.01. The number of esters is 1. The largest absolute Gasteiger partial charge is 0.465 e. The van der Waals surface area contributed by atoms with Gasteiger partial charge in [0.25, 0.3) is 0 Å². The number of anilines is 1. The second-order valence-corrected chi connectivity index (χ2v) is 3.38. The van der Waals surface area contributed by atoms with Crippen LogP contribution in [-0.4, -0.2) is 13.1 Å². The van der Waals surface area contributed by atoms with E-state index >= 15 is 0 Å². The van der Waals surface area contributed by atoms with Crippen LogP contribution in [0.5, 0.6) is 0 Å². The molecule has 1 aromatic rings. The molecular formula is C9H7BrN2O2.